The number of fused-ring (bicyclic) bond motifs is 1. The Morgan fingerprint density at radius 1 is 1.30 bits per heavy atom. The van der Waals surface area contributed by atoms with Crippen LogP contribution in [0.2, 0.25) is 0 Å². The largest absolute Gasteiger partial charge is 0.459 e. The number of hydrogen-bond acceptors (Lipinski definition) is 3. The molecule has 2 aromatic rings. The van der Waals surface area contributed by atoms with Crippen molar-refractivity contribution in [1.82, 2.24) is 10.2 Å². The molecule has 0 bridgehead atoms. The van der Waals surface area contributed by atoms with E-state index in [1.807, 2.05) is 13.1 Å². The zero-order chi connectivity index (χ0) is 13.9. The van der Waals surface area contributed by atoms with Gasteiger partial charge in [-0.2, -0.15) is 0 Å². The fourth-order valence-corrected chi connectivity index (χ4v) is 2.82. The molecule has 1 N–H and O–H groups in total. The van der Waals surface area contributed by atoms with Crippen LogP contribution in [0.25, 0.3) is 11.0 Å². The minimum Gasteiger partial charge on any atom is -0.459 e. The van der Waals surface area contributed by atoms with Crippen molar-refractivity contribution in [2.75, 3.05) is 20.1 Å². The summed E-state index contributed by atoms with van der Waals surface area (Å²) in [4.78, 5) is 2.51. The molecule has 3 heteroatoms. The summed E-state index contributed by atoms with van der Waals surface area (Å²) in [5, 5.41) is 4.52. The van der Waals surface area contributed by atoms with Gasteiger partial charge in [0.1, 0.15) is 11.3 Å². The second-order valence-electron chi connectivity index (χ2n) is 5.80. The molecule has 0 spiro atoms. The lowest BCUT2D eigenvalue weighted by molar-refractivity contribution is 0.247. The van der Waals surface area contributed by atoms with E-state index >= 15 is 0 Å². The topological polar surface area (TPSA) is 28.4 Å². The average Bonchev–Trinajstić information content (AvgIpc) is 3.22. The second-order valence-corrected chi connectivity index (χ2v) is 5.80. The van der Waals surface area contributed by atoms with Crippen LogP contribution in [0.4, 0.5) is 0 Å². The van der Waals surface area contributed by atoms with E-state index in [2.05, 4.69) is 35.3 Å². The predicted octanol–water partition coefficient (Wildman–Crippen LogP) is 3.38. The van der Waals surface area contributed by atoms with E-state index in [1.54, 1.807) is 0 Å². The maximum atomic E-state index is 6.10. The number of para-hydroxylation sites is 1. The van der Waals surface area contributed by atoms with Gasteiger partial charge in [0.2, 0.25) is 0 Å². The van der Waals surface area contributed by atoms with Crippen molar-refractivity contribution in [1.29, 1.82) is 0 Å². The highest BCUT2D eigenvalue weighted by atomic mass is 16.3. The van der Waals surface area contributed by atoms with Crippen LogP contribution in [0.3, 0.4) is 0 Å². The van der Waals surface area contributed by atoms with Crippen LogP contribution in [0.1, 0.15) is 31.1 Å². The summed E-state index contributed by atoms with van der Waals surface area (Å²) < 4.78 is 6.10. The zero-order valence-corrected chi connectivity index (χ0v) is 12.5. The highest BCUT2D eigenvalue weighted by Crippen LogP contribution is 2.31. The van der Waals surface area contributed by atoms with E-state index in [-0.39, 0.29) is 0 Å². The number of hydrogen-bond donors (Lipinski definition) is 1. The summed E-state index contributed by atoms with van der Waals surface area (Å²) in [6.45, 7) is 6.34. The van der Waals surface area contributed by atoms with Crippen LogP contribution in [0.5, 0.6) is 0 Å². The molecular formula is C17H24N2O. The molecular weight excluding hydrogens is 248 g/mol. The number of rotatable bonds is 7. The molecule has 1 saturated carbocycles. The molecule has 3 rings (SSSR count). The van der Waals surface area contributed by atoms with Gasteiger partial charge in [-0.25, -0.2) is 0 Å². The fourth-order valence-electron chi connectivity index (χ4n) is 2.82. The molecule has 1 fully saturated rings. The smallest absolute Gasteiger partial charge is 0.134 e. The molecule has 108 valence electrons. The normalized spacial score (nSPS) is 15.3. The lowest BCUT2D eigenvalue weighted by atomic mass is 10.1. The molecule has 1 heterocycles. The highest BCUT2D eigenvalue weighted by molar-refractivity contribution is 5.82. The van der Waals surface area contributed by atoms with Crippen molar-refractivity contribution < 1.29 is 4.42 Å². The third kappa shape index (κ3) is 2.89. The molecule has 1 aliphatic rings. The van der Waals surface area contributed by atoms with Crippen LogP contribution in [0, 0.1) is 5.92 Å². The quantitative estimate of drug-likeness (QED) is 0.837. The van der Waals surface area contributed by atoms with Crippen LogP contribution >= 0.6 is 0 Å². The van der Waals surface area contributed by atoms with E-state index < -0.39 is 0 Å². The van der Waals surface area contributed by atoms with E-state index in [1.165, 1.54) is 30.3 Å². The maximum Gasteiger partial charge on any atom is 0.134 e. The Labute approximate surface area is 120 Å². The number of nitrogens with zero attached hydrogens (tertiary/aromatic N) is 1. The van der Waals surface area contributed by atoms with Crippen molar-refractivity contribution >= 4 is 11.0 Å². The SMILES string of the molecule is CCN(Cc1oc2ccccc2c1CNC)CC1CC1. The van der Waals surface area contributed by atoms with Gasteiger partial charge in [0.25, 0.3) is 0 Å². The first-order valence-corrected chi connectivity index (χ1v) is 7.68. The minimum atomic E-state index is 0.868. The molecule has 0 unspecified atom stereocenters. The highest BCUT2D eigenvalue weighted by Gasteiger charge is 2.25. The minimum absolute atomic E-state index is 0.868. The first-order chi connectivity index (χ1) is 9.81. The molecule has 0 amide bonds. The van der Waals surface area contributed by atoms with Gasteiger partial charge in [0, 0.05) is 24.0 Å². The lowest BCUT2D eigenvalue weighted by Gasteiger charge is -2.19. The van der Waals surface area contributed by atoms with Gasteiger partial charge in [-0.05, 0) is 38.4 Å². The molecule has 0 atom stereocenters. The standard InChI is InChI=1S/C17H24N2O/c1-3-19(11-13-8-9-13)12-17-15(10-18-2)14-6-4-5-7-16(14)20-17/h4-7,13,18H,3,8-12H2,1-2H3. The van der Waals surface area contributed by atoms with E-state index in [4.69, 9.17) is 4.42 Å². The maximum absolute atomic E-state index is 6.10. The average molecular weight is 272 g/mol. The monoisotopic (exact) mass is 272 g/mol. The summed E-state index contributed by atoms with van der Waals surface area (Å²) in [7, 11) is 1.99. The third-order valence-corrected chi connectivity index (χ3v) is 4.16. The Morgan fingerprint density at radius 3 is 2.80 bits per heavy atom. The van der Waals surface area contributed by atoms with Gasteiger partial charge in [-0.1, -0.05) is 25.1 Å². The van der Waals surface area contributed by atoms with Crippen LogP contribution in [-0.4, -0.2) is 25.0 Å². The first kappa shape index (κ1) is 13.7. The Morgan fingerprint density at radius 2 is 2.10 bits per heavy atom. The molecule has 1 aromatic heterocycles. The lowest BCUT2D eigenvalue weighted by Crippen LogP contribution is -2.25. The number of benzene rings is 1. The third-order valence-electron chi connectivity index (χ3n) is 4.16. The molecule has 1 aliphatic carbocycles. The summed E-state index contributed by atoms with van der Waals surface area (Å²) in [5.74, 6) is 2.05. The van der Waals surface area contributed by atoms with E-state index in [0.29, 0.717) is 0 Å². The van der Waals surface area contributed by atoms with Crippen LogP contribution < -0.4 is 5.32 Å². The Kier molecular flexibility index (Phi) is 4.08. The second kappa shape index (κ2) is 5.98. The Bertz CT molecular complexity index is 571. The van der Waals surface area contributed by atoms with Gasteiger partial charge < -0.3 is 9.73 Å². The molecule has 20 heavy (non-hydrogen) atoms. The van der Waals surface area contributed by atoms with Gasteiger partial charge in [0.15, 0.2) is 0 Å². The van der Waals surface area contributed by atoms with Gasteiger partial charge in [-0.3, -0.25) is 4.90 Å². The molecule has 1 aromatic carbocycles. The van der Waals surface area contributed by atoms with Crippen molar-refractivity contribution in [2.45, 2.75) is 32.9 Å². The summed E-state index contributed by atoms with van der Waals surface area (Å²) in [5.41, 5.74) is 2.33. The van der Waals surface area contributed by atoms with Crippen molar-refractivity contribution in [2.24, 2.45) is 5.92 Å². The summed E-state index contributed by atoms with van der Waals surface area (Å²) >= 11 is 0. The molecule has 0 saturated heterocycles. The fraction of sp³-hybridized carbons (Fsp3) is 0.529. The Balaban J connectivity index is 1.86. The molecule has 0 aliphatic heterocycles. The van der Waals surface area contributed by atoms with Crippen LogP contribution in [0.15, 0.2) is 28.7 Å². The Hall–Kier alpha value is -1.32. The predicted molar refractivity (Wildman–Crippen MR) is 82.7 cm³/mol. The van der Waals surface area contributed by atoms with E-state index in [0.717, 1.165) is 36.9 Å². The van der Waals surface area contributed by atoms with E-state index in [9.17, 15) is 0 Å². The summed E-state index contributed by atoms with van der Waals surface area (Å²) in [6, 6.07) is 8.35. The van der Waals surface area contributed by atoms with Crippen molar-refractivity contribution in [3.8, 4) is 0 Å². The van der Waals surface area contributed by atoms with Gasteiger partial charge in [-0.15, -0.1) is 0 Å². The molecule has 0 radical (unpaired) electrons. The molecule has 3 nitrogen and oxygen atoms in total. The van der Waals surface area contributed by atoms with Crippen molar-refractivity contribution in [3.05, 3.63) is 35.6 Å². The van der Waals surface area contributed by atoms with Crippen molar-refractivity contribution in [3.63, 3.8) is 0 Å². The van der Waals surface area contributed by atoms with Gasteiger partial charge >= 0.3 is 0 Å². The first-order valence-electron chi connectivity index (χ1n) is 7.68. The zero-order valence-electron chi connectivity index (χ0n) is 12.5. The van der Waals surface area contributed by atoms with Gasteiger partial charge in [0.05, 0.1) is 6.54 Å². The number of nitrogens with one attached hydrogen (secondary N) is 1. The number of furan rings is 1. The van der Waals surface area contributed by atoms with Crippen LogP contribution in [-0.2, 0) is 13.1 Å². The summed E-state index contributed by atoms with van der Waals surface area (Å²) in [6.07, 6.45) is 2.81.